The average molecular weight is 269 g/mol. The number of fused-ring (bicyclic) bond motifs is 1. The summed E-state index contributed by atoms with van der Waals surface area (Å²) in [6, 6.07) is 16.5. The predicted molar refractivity (Wildman–Crippen MR) is 81.4 cm³/mol. The summed E-state index contributed by atoms with van der Waals surface area (Å²) in [5, 5.41) is 2.18. The van der Waals surface area contributed by atoms with Crippen molar-refractivity contribution in [3.8, 4) is 5.75 Å². The van der Waals surface area contributed by atoms with Crippen LogP contribution in [0.1, 0.15) is 11.1 Å². The van der Waals surface area contributed by atoms with E-state index in [2.05, 4.69) is 47.9 Å². The van der Waals surface area contributed by atoms with Gasteiger partial charge in [-0.25, -0.2) is 0 Å². The van der Waals surface area contributed by atoms with Gasteiger partial charge in [-0.3, -0.25) is 0 Å². The van der Waals surface area contributed by atoms with Gasteiger partial charge in [0.1, 0.15) is 5.75 Å². The van der Waals surface area contributed by atoms with E-state index in [0.29, 0.717) is 0 Å². The lowest BCUT2D eigenvalue weighted by Crippen LogP contribution is -1.89. The van der Waals surface area contributed by atoms with Gasteiger partial charge in [0.15, 0.2) is 0 Å². The Morgan fingerprint density at radius 2 is 1.79 bits per heavy atom. The Morgan fingerprint density at radius 1 is 1.05 bits per heavy atom. The van der Waals surface area contributed by atoms with Crippen LogP contribution in [-0.4, -0.2) is 12.1 Å². The normalized spacial score (nSPS) is 10.8. The van der Waals surface area contributed by atoms with Gasteiger partial charge in [-0.1, -0.05) is 30.3 Å². The minimum atomic E-state index is 0.868. The minimum absolute atomic E-state index is 0.868. The van der Waals surface area contributed by atoms with E-state index < -0.39 is 0 Å². The van der Waals surface area contributed by atoms with Crippen molar-refractivity contribution in [3.63, 3.8) is 0 Å². The van der Waals surface area contributed by atoms with Crippen molar-refractivity contribution < 1.29 is 4.74 Å². The maximum Gasteiger partial charge on any atom is 0.118 e. The highest BCUT2D eigenvalue weighted by Gasteiger charge is 2.09. The SMILES string of the molecule is COc1ccc(Cc2c(S)[nH]c3ccccc23)cc1. The number of H-pyrrole nitrogens is 1. The van der Waals surface area contributed by atoms with Gasteiger partial charge in [-0.2, -0.15) is 0 Å². The Labute approximate surface area is 117 Å². The molecule has 0 spiro atoms. The molecule has 1 heterocycles. The second kappa shape index (κ2) is 5.02. The zero-order chi connectivity index (χ0) is 13.2. The number of para-hydroxylation sites is 1. The molecule has 0 aliphatic rings. The average Bonchev–Trinajstić information content (AvgIpc) is 2.76. The Balaban J connectivity index is 1.98. The smallest absolute Gasteiger partial charge is 0.118 e. The Morgan fingerprint density at radius 3 is 2.53 bits per heavy atom. The molecule has 96 valence electrons. The number of hydrogen-bond donors (Lipinski definition) is 2. The van der Waals surface area contributed by atoms with E-state index in [1.165, 1.54) is 16.5 Å². The molecule has 2 nitrogen and oxygen atoms in total. The quantitative estimate of drug-likeness (QED) is 0.689. The number of nitrogens with one attached hydrogen (secondary N) is 1. The fourth-order valence-corrected chi connectivity index (χ4v) is 2.63. The van der Waals surface area contributed by atoms with Gasteiger partial charge < -0.3 is 9.72 Å². The van der Waals surface area contributed by atoms with E-state index in [1.54, 1.807) is 7.11 Å². The van der Waals surface area contributed by atoms with Crippen LogP contribution in [0.5, 0.6) is 5.75 Å². The lowest BCUT2D eigenvalue weighted by molar-refractivity contribution is 0.414. The molecule has 0 amide bonds. The first-order chi connectivity index (χ1) is 9.28. The molecule has 3 aromatic rings. The highest BCUT2D eigenvalue weighted by molar-refractivity contribution is 7.80. The van der Waals surface area contributed by atoms with Crippen LogP contribution in [0.15, 0.2) is 53.6 Å². The highest BCUT2D eigenvalue weighted by atomic mass is 32.1. The van der Waals surface area contributed by atoms with Crippen molar-refractivity contribution >= 4 is 23.5 Å². The maximum absolute atomic E-state index is 5.18. The van der Waals surface area contributed by atoms with Crippen LogP contribution in [0.4, 0.5) is 0 Å². The van der Waals surface area contributed by atoms with Crippen LogP contribution in [-0.2, 0) is 6.42 Å². The molecule has 0 saturated carbocycles. The van der Waals surface area contributed by atoms with Gasteiger partial charge in [-0.05, 0) is 29.3 Å². The summed E-state index contributed by atoms with van der Waals surface area (Å²) in [5.41, 5.74) is 3.63. The summed E-state index contributed by atoms with van der Waals surface area (Å²) < 4.78 is 5.18. The van der Waals surface area contributed by atoms with Crippen molar-refractivity contribution in [2.75, 3.05) is 7.11 Å². The molecule has 0 aliphatic heterocycles. The van der Waals surface area contributed by atoms with Crippen molar-refractivity contribution in [1.29, 1.82) is 0 Å². The Hall–Kier alpha value is -1.87. The molecule has 0 atom stereocenters. The van der Waals surface area contributed by atoms with E-state index >= 15 is 0 Å². The molecule has 1 aromatic heterocycles. The molecule has 1 N–H and O–H groups in total. The lowest BCUT2D eigenvalue weighted by atomic mass is 10.0. The molecule has 3 rings (SSSR count). The van der Waals surface area contributed by atoms with Crippen LogP contribution >= 0.6 is 12.6 Å². The number of aromatic nitrogens is 1. The van der Waals surface area contributed by atoms with E-state index in [4.69, 9.17) is 4.74 Å². The standard InChI is InChI=1S/C16H15NOS/c1-18-12-8-6-11(7-9-12)10-14-13-4-2-3-5-15(13)17-16(14)19/h2-9,17,19H,10H2,1H3. The van der Waals surface area contributed by atoms with E-state index in [1.807, 2.05) is 18.2 Å². The van der Waals surface area contributed by atoms with Gasteiger partial charge in [0, 0.05) is 17.3 Å². The van der Waals surface area contributed by atoms with Crippen LogP contribution < -0.4 is 4.74 Å². The molecule has 0 aliphatic carbocycles. The van der Waals surface area contributed by atoms with Crippen LogP contribution in [0.2, 0.25) is 0 Å². The van der Waals surface area contributed by atoms with Gasteiger partial charge >= 0.3 is 0 Å². The van der Waals surface area contributed by atoms with Gasteiger partial charge in [-0.15, -0.1) is 12.6 Å². The third-order valence-corrected chi connectivity index (χ3v) is 3.71. The zero-order valence-corrected chi connectivity index (χ0v) is 11.6. The number of thiol groups is 1. The van der Waals surface area contributed by atoms with E-state index in [-0.39, 0.29) is 0 Å². The summed E-state index contributed by atoms with van der Waals surface area (Å²) in [6.07, 6.45) is 0.868. The molecule has 0 fully saturated rings. The second-order valence-electron chi connectivity index (χ2n) is 4.52. The molecular formula is C16H15NOS. The molecule has 19 heavy (non-hydrogen) atoms. The van der Waals surface area contributed by atoms with Gasteiger partial charge in [0.2, 0.25) is 0 Å². The first-order valence-corrected chi connectivity index (χ1v) is 6.64. The van der Waals surface area contributed by atoms with Crippen LogP contribution in [0.3, 0.4) is 0 Å². The number of hydrogen-bond acceptors (Lipinski definition) is 2. The lowest BCUT2D eigenvalue weighted by Gasteiger charge is -2.04. The highest BCUT2D eigenvalue weighted by Crippen LogP contribution is 2.27. The van der Waals surface area contributed by atoms with Gasteiger partial charge in [0.25, 0.3) is 0 Å². The minimum Gasteiger partial charge on any atom is -0.497 e. The third-order valence-electron chi connectivity index (χ3n) is 3.33. The van der Waals surface area contributed by atoms with E-state index in [0.717, 1.165) is 22.7 Å². The Bertz CT molecular complexity index is 700. The first-order valence-electron chi connectivity index (χ1n) is 6.19. The number of benzene rings is 2. The number of aromatic amines is 1. The summed E-state index contributed by atoms with van der Waals surface area (Å²) in [5.74, 6) is 0.883. The van der Waals surface area contributed by atoms with Crippen molar-refractivity contribution in [2.24, 2.45) is 0 Å². The summed E-state index contributed by atoms with van der Waals surface area (Å²) in [6.45, 7) is 0. The van der Waals surface area contributed by atoms with Gasteiger partial charge in [0.05, 0.1) is 12.1 Å². The molecule has 0 radical (unpaired) electrons. The van der Waals surface area contributed by atoms with E-state index in [9.17, 15) is 0 Å². The largest absolute Gasteiger partial charge is 0.497 e. The van der Waals surface area contributed by atoms with Crippen molar-refractivity contribution in [3.05, 3.63) is 59.7 Å². The summed E-state index contributed by atoms with van der Waals surface area (Å²) >= 11 is 4.55. The molecule has 0 saturated heterocycles. The summed E-state index contributed by atoms with van der Waals surface area (Å²) in [7, 11) is 1.68. The predicted octanol–water partition coefficient (Wildman–Crippen LogP) is 4.06. The molecular weight excluding hydrogens is 254 g/mol. The summed E-state index contributed by atoms with van der Waals surface area (Å²) in [4.78, 5) is 3.31. The number of rotatable bonds is 3. The fourth-order valence-electron chi connectivity index (χ4n) is 2.31. The maximum atomic E-state index is 5.18. The monoisotopic (exact) mass is 269 g/mol. The number of methoxy groups -OCH3 is 1. The van der Waals surface area contributed by atoms with Crippen LogP contribution in [0, 0.1) is 0 Å². The third kappa shape index (κ3) is 2.34. The fraction of sp³-hybridized carbons (Fsp3) is 0.125. The molecule has 0 unspecified atom stereocenters. The number of ether oxygens (including phenoxy) is 1. The van der Waals surface area contributed by atoms with Crippen LogP contribution in [0.25, 0.3) is 10.9 Å². The Kier molecular flexibility index (Phi) is 3.22. The van der Waals surface area contributed by atoms with Crippen molar-refractivity contribution in [2.45, 2.75) is 11.4 Å². The molecule has 0 bridgehead atoms. The topological polar surface area (TPSA) is 25.0 Å². The molecule has 3 heteroatoms. The van der Waals surface area contributed by atoms with Crippen molar-refractivity contribution in [1.82, 2.24) is 4.98 Å². The first kappa shape index (κ1) is 12.2. The zero-order valence-electron chi connectivity index (χ0n) is 10.7. The molecule has 2 aromatic carbocycles. The second-order valence-corrected chi connectivity index (χ2v) is 4.97.